The van der Waals surface area contributed by atoms with Gasteiger partial charge in [-0.2, -0.15) is 5.10 Å². The standard InChI is InChI=1S/C16H18N4O3/c1-17-16(21)13-9-19(8-12-4-5-18-20(12)13)7-11-2-3-14-15(6-11)23-10-22-14/h2-6,13H,7-10H2,1H3,(H,17,21). The molecule has 2 aromatic rings. The number of carbonyl (C=O) groups excluding carboxylic acids is 1. The summed E-state index contributed by atoms with van der Waals surface area (Å²) in [4.78, 5) is 14.4. The van der Waals surface area contributed by atoms with Crippen molar-refractivity contribution >= 4 is 5.91 Å². The third-order valence-electron chi connectivity index (χ3n) is 4.26. The Morgan fingerprint density at radius 2 is 2.22 bits per heavy atom. The molecule has 2 aliphatic rings. The zero-order valence-electron chi connectivity index (χ0n) is 12.9. The molecule has 0 spiro atoms. The third kappa shape index (κ3) is 2.53. The summed E-state index contributed by atoms with van der Waals surface area (Å²) in [6, 6.07) is 7.63. The molecule has 0 aliphatic carbocycles. The number of hydrogen-bond acceptors (Lipinski definition) is 5. The van der Waals surface area contributed by atoms with E-state index >= 15 is 0 Å². The third-order valence-corrected chi connectivity index (χ3v) is 4.26. The second-order valence-electron chi connectivity index (χ2n) is 5.75. The van der Waals surface area contributed by atoms with Gasteiger partial charge in [-0.05, 0) is 23.8 Å². The minimum Gasteiger partial charge on any atom is -0.454 e. The van der Waals surface area contributed by atoms with Crippen LogP contribution in [0.25, 0.3) is 0 Å². The molecule has 1 atom stereocenters. The second kappa shape index (κ2) is 5.58. The summed E-state index contributed by atoms with van der Waals surface area (Å²) in [6.45, 7) is 2.42. The van der Waals surface area contributed by atoms with Gasteiger partial charge in [0.1, 0.15) is 6.04 Å². The van der Waals surface area contributed by atoms with Crippen LogP contribution in [0.15, 0.2) is 30.5 Å². The van der Waals surface area contributed by atoms with Crippen LogP contribution in [0.4, 0.5) is 0 Å². The summed E-state index contributed by atoms with van der Waals surface area (Å²) >= 11 is 0. The van der Waals surface area contributed by atoms with E-state index in [0.717, 1.165) is 35.8 Å². The molecular formula is C16H18N4O3. The van der Waals surface area contributed by atoms with Crippen molar-refractivity contribution in [2.75, 3.05) is 20.4 Å². The van der Waals surface area contributed by atoms with Gasteiger partial charge in [0.2, 0.25) is 12.7 Å². The van der Waals surface area contributed by atoms with Crippen molar-refractivity contribution < 1.29 is 14.3 Å². The lowest BCUT2D eigenvalue weighted by Gasteiger charge is -2.32. The number of rotatable bonds is 3. The van der Waals surface area contributed by atoms with Gasteiger partial charge in [0.15, 0.2) is 11.5 Å². The van der Waals surface area contributed by atoms with E-state index in [2.05, 4.69) is 15.3 Å². The smallest absolute Gasteiger partial charge is 0.245 e. The van der Waals surface area contributed by atoms with Crippen molar-refractivity contribution in [3.63, 3.8) is 0 Å². The SMILES string of the molecule is CNC(=O)C1CN(Cc2ccc3c(c2)OCO3)Cc2ccnn21. The Bertz CT molecular complexity index is 743. The summed E-state index contributed by atoms with van der Waals surface area (Å²) in [5.41, 5.74) is 2.18. The van der Waals surface area contributed by atoms with E-state index in [0.29, 0.717) is 6.54 Å². The number of fused-ring (bicyclic) bond motifs is 2. The number of likely N-dealkylation sites (N-methyl/N-ethyl adjacent to an activating group) is 1. The Labute approximate surface area is 133 Å². The Morgan fingerprint density at radius 1 is 1.35 bits per heavy atom. The molecule has 7 nitrogen and oxygen atoms in total. The Kier molecular flexibility index (Phi) is 3.42. The fourth-order valence-electron chi connectivity index (χ4n) is 3.14. The monoisotopic (exact) mass is 314 g/mol. The summed E-state index contributed by atoms with van der Waals surface area (Å²) in [5, 5.41) is 7.01. The number of hydrogen-bond donors (Lipinski definition) is 1. The highest BCUT2D eigenvalue weighted by molar-refractivity contribution is 5.80. The van der Waals surface area contributed by atoms with Gasteiger partial charge in [-0.1, -0.05) is 6.07 Å². The maximum atomic E-state index is 12.1. The normalized spacial score (nSPS) is 19.4. The van der Waals surface area contributed by atoms with Crippen LogP contribution in [0.2, 0.25) is 0 Å². The molecule has 0 fully saturated rings. The Hall–Kier alpha value is -2.54. The van der Waals surface area contributed by atoms with Crippen LogP contribution >= 0.6 is 0 Å². The zero-order valence-corrected chi connectivity index (χ0v) is 12.9. The average Bonchev–Trinajstić information content (AvgIpc) is 3.21. The summed E-state index contributed by atoms with van der Waals surface area (Å²) in [6.07, 6.45) is 1.75. The molecule has 0 saturated heterocycles. The fraction of sp³-hybridized carbons (Fsp3) is 0.375. The van der Waals surface area contributed by atoms with Crippen molar-refractivity contribution in [3.8, 4) is 11.5 Å². The molecule has 7 heteroatoms. The largest absolute Gasteiger partial charge is 0.454 e. The molecule has 1 N–H and O–H groups in total. The van der Waals surface area contributed by atoms with Gasteiger partial charge in [0.05, 0.1) is 5.69 Å². The number of nitrogens with one attached hydrogen (secondary N) is 1. The van der Waals surface area contributed by atoms with Crippen molar-refractivity contribution in [2.24, 2.45) is 0 Å². The van der Waals surface area contributed by atoms with E-state index in [9.17, 15) is 4.79 Å². The number of amides is 1. The van der Waals surface area contributed by atoms with E-state index in [-0.39, 0.29) is 18.7 Å². The molecule has 0 radical (unpaired) electrons. The van der Waals surface area contributed by atoms with Gasteiger partial charge in [0, 0.05) is 32.9 Å². The van der Waals surface area contributed by atoms with E-state index in [1.54, 1.807) is 13.2 Å². The van der Waals surface area contributed by atoms with Gasteiger partial charge in [-0.15, -0.1) is 0 Å². The molecule has 1 aromatic heterocycles. The number of aromatic nitrogens is 2. The molecule has 1 unspecified atom stereocenters. The Balaban J connectivity index is 1.55. The predicted octanol–water partition coefficient (Wildman–Crippen LogP) is 0.915. The van der Waals surface area contributed by atoms with Crippen LogP contribution in [0, 0.1) is 0 Å². The van der Waals surface area contributed by atoms with E-state index in [4.69, 9.17) is 9.47 Å². The number of carbonyl (C=O) groups is 1. The maximum absolute atomic E-state index is 12.1. The van der Waals surface area contributed by atoms with Crippen molar-refractivity contribution in [1.29, 1.82) is 0 Å². The number of nitrogens with zero attached hydrogens (tertiary/aromatic N) is 3. The average molecular weight is 314 g/mol. The molecule has 4 rings (SSSR count). The van der Waals surface area contributed by atoms with Crippen LogP contribution in [-0.4, -0.2) is 41.0 Å². The predicted molar refractivity (Wildman–Crippen MR) is 82.0 cm³/mol. The summed E-state index contributed by atoms with van der Waals surface area (Å²) < 4.78 is 12.6. The second-order valence-corrected chi connectivity index (χ2v) is 5.75. The van der Waals surface area contributed by atoms with Gasteiger partial charge in [-0.25, -0.2) is 0 Å². The number of benzene rings is 1. The number of ether oxygens (including phenoxy) is 2. The fourth-order valence-corrected chi connectivity index (χ4v) is 3.14. The van der Waals surface area contributed by atoms with Gasteiger partial charge in [-0.3, -0.25) is 14.4 Å². The highest BCUT2D eigenvalue weighted by Gasteiger charge is 2.30. The van der Waals surface area contributed by atoms with Crippen LogP contribution in [-0.2, 0) is 17.9 Å². The highest BCUT2D eigenvalue weighted by atomic mass is 16.7. The zero-order chi connectivity index (χ0) is 15.8. The van der Waals surface area contributed by atoms with Crippen molar-refractivity contribution in [1.82, 2.24) is 20.0 Å². The molecule has 3 heterocycles. The summed E-state index contributed by atoms with van der Waals surface area (Å²) in [5.74, 6) is 1.55. The maximum Gasteiger partial charge on any atom is 0.245 e. The van der Waals surface area contributed by atoms with Crippen molar-refractivity contribution in [3.05, 3.63) is 41.7 Å². The Morgan fingerprint density at radius 3 is 3.09 bits per heavy atom. The van der Waals surface area contributed by atoms with Crippen LogP contribution in [0.5, 0.6) is 11.5 Å². The first kappa shape index (κ1) is 14.1. The lowest BCUT2D eigenvalue weighted by atomic mass is 10.1. The van der Waals surface area contributed by atoms with Crippen LogP contribution < -0.4 is 14.8 Å². The van der Waals surface area contributed by atoms with Crippen molar-refractivity contribution in [2.45, 2.75) is 19.1 Å². The van der Waals surface area contributed by atoms with Crippen LogP contribution in [0.1, 0.15) is 17.3 Å². The molecule has 1 amide bonds. The van der Waals surface area contributed by atoms with E-state index in [1.165, 1.54) is 0 Å². The molecule has 1 aromatic carbocycles. The minimum absolute atomic E-state index is 0.0228. The van der Waals surface area contributed by atoms with E-state index < -0.39 is 0 Å². The molecular weight excluding hydrogens is 296 g/mol. The van der Waals surface area contributed by atoms with Gasteiger partial charge < -0.3 is 14.8 Å². The van der Waals surface area contributed by atoms with Gasteiger partial charge >= 0.3 is 0 Å². The van der Waals surface area contributed by atoms with Gasteiger partial charge in [0.25, 0.3) is 0 Å². The minimum atomic E-state index is -0.298. The van der Waals surface area contributed by atoms with E-state index in [1.807, 2.05) is 28.9 Å². The first-order chi connectivity index (χ1) is 11.2. The quantitative estimate of drug-likeness (QED) is 0.912. The molecule has 23 heavy (non-hydrogen) atoms. The molecule has 2 aliphatic heterocycles. The highest BCUT2D eigenvalue weighted by Crippen LogP contribution is 2.33. The topological polar surface area (TPSA) is 68.6 Å². The molecule has 120 valence electrons. The summed E-state index contributed by atoms with van der Waals surface area (Å²) in [7, 11) is 1.66. The lowest BCUT2D eigenvalue weighted by molar-refractivity contribution is -0.125. The van der Waals surface area contributed by atoms with Crippen LogP contribution in [0.3, 0.4) is 0 Å². The molecule has 0 saturated carbocycles. The first-order valence-electron chi connectivity index (χ1n) is 7.59. The lowest BCUT2D eigenvalue weighted by Crippen LogP contribution is -2.43. The molecule has 0 bridgehead atoms. The first-order valence-corrected chi connectivity index (χ1v) is 7.59.